The van der Waals surface area contributed by atoms with Crippen LogP contribution in [0, 0.1) is 5.82 Å². The number of anilines is 1. The first-order valence-electron chi connectivity index (χ1n) is 7.76. The molecule has 136 valence electrons. The van der Waals surface area contributed by atoms with E-state index in [1.165, 1.54) is 30.2 Å². The number of hydrogen-bond donors (Lipinski definition) is 0. The summed E-state index contributed by atoms with van der Waals surface area (Å²) in [6, 6.07) is 13.9. The van der Waals surface area contributed by atoms with Crippen molar-refractivity contribution in [2.45, 2.75) is 0 Å². The quantitative estimate of drug-likeness (QED) is 0.600. The standard InChI is InChI=1S/C19H13FN2O4S/c1-26-16(23)11-15-18(25)22(12-7-3-2-4-8-12)19(27-15)21-17(24)13-9-5-6-10-14(13)20/h2-11H,1H3. The molecule has 6 nitrogen and oxygen atoms in total. The van der Waals surface area contributed by atoms with Crippen LogP contribution in [0.15, 0.2) is 70.6 Å². The number of halogens is 1. The van der Waals surface area contributed by atoms with Crippen molar-refractivity contribution in [1.29, 1.82) is 0 Å². The Morgan fingerprint density at radius 3 is 2.44 bits per heavy atom. The fraction of sp³-hybridized carbons (Fsp3) is 0.0526. The summed E-state index contributed by atoms with van der Waals surface area (Å²) in [5.41, 5.74) is 0.250. The van der Waals surface area contributed by atoms with E-state index in [9.17, 15) is 18.8 Å². The number of ether oxygens (including phenoxy) is 1. The Kier molecular flexibility index (Phi) is 5.46. The van der Waals surface area contributed by atoms with Gasteiger partial charge in [0.15, 0.2) is 5.17 Å². The molecule has 2 amide bonds. The predicted octanol–water partition coefficient (Wildman–Crippen LogP) is 3.16. The van der Waals surface area contributed by atoms with E-state index < -0.39 is 23.6 Å². The Hall–Kier alpha value is -3.26. The molecule has 1 heterocycles. The molecule has 0 spiro atoms. The molecule has 0 aromatic heterocycles. The fourth-order valence-corrected chi connectivity index (χ4v) is 3.24. The summed E-state index contributed by atoms with van der Waals surface area (Å²) in [6.45, 7) is 0. The van der Waals surface area contributed by atoms with E-state index in [0.717, 1.165) is 23.9 Å². The van der Waals surface area contributed by atoms with E-state index >= 15 is 0 Å². The summed E-state index contributed by atoms with van der Waals surface area (Å²) in [5.74, 6) is -2.78. The number of methoxy groups -OCH3 is 1. The minimum Gasteiger partial charge on any atom is -0.466 e. The maximum atomic E-state index is 13.9. The van der Waals surface area contributed by atoms with Gasteiger partial charge in [0.1, 0.15) is 5.82 Å². The summed E-state index contributed by atoms with van der Waals surface area (Å²) in [5, 5.41) is 0.0228. The highest BCUT2D eigenvalue weighted by Crippen LogP contribution is 2.35. The van der Waals surface area contributed by atoms with E-state index in [0.29, 0.717) is 5.69 Å². The Bertz CT molecular complexity index is 973. The maximum absolute atomic E-state index is 13.9. The minimum atomic E-state index is -0.830. The lowest BCUT2D eigenvalue weighted by Crippen LogP contribution is -2.29. The van der Waals surface area contributed by atoms with E-state index in [1.54, 1.807) is 30.3 Å². The van der Waals surface area contributed by atoms with Crippen LogP contribution >= 0.6 is 11.8 Å². The molecular weight excluding hydrogens is 371 g/mol. The number of para-hydroxylation sites is 1. The third-order valence-electron chi connectivity index (χ3n) is 3.57. The molecule has 2 aromatic rings. The fourth-order valence-electron chi connectivity index (χ4n) is 2.30. The molecule has 1 saturated heterocycles. The summed E-state index contributed by atoms with van der Waals surface area (Å²) in [6.07, 6.45) is 1.03. The molecule has 0 aliphatic carbocycles. The maximum Gasteiger partial charge on any atom is 0.331 e. The largest absolute Gasteiger partial charge is 0.466 e. The number of benzene rings is 2. The number of amides is 2. The number of nitrogens with zero attached hydrogens (tertiary/aromatic N) is 2. The van der Waals surface area contributed by atoms with Crippen molar-refractivity contribution in [2.24, 2.45) is 4.99 Å². The van der Waals surface area contributed by atoms with Gasteiger partial charge in [-0.05, 0) is 36.0 Å². The Morgan fingerprint density at radius 1 is 1.11 bits per heavy atom. The number of amidine groups is 1. The third kappa shape index (κ3) is 3.95. The molecule has 0 radical (unpaired) electrons. The third-order valence-corrected chi connectivity index (χ3v) is 4.54. The lowest BCUT2D eigenvalue weighted by atomic mass is 10.2. The molecule has 1 fully saturated rings. The zero-order valence-electron chi connectivity index (χ0n) is 14.1. The lowest BCUT2D eigenvalue weighted by Gasteiger charge is -2.15. The van der Waals surface area contributed by atoms with E-state index in [-0.39, 0.29) is 15.6 Å². The molecule has 3 rings (SSSR count). The van der Waals surface area contributed by atoms with Gasteiger partial charge < -0.3 is 4.74 Å². The number of carbonyl (C=O) groups is 3. The molecule has 2 aromatic carbocycles. The first-order chi connectivity index (χ1) is 13.0. The summed E-state index contributed by atoms with van der Waals surface area (Å²) in [7, 11) is 1.19. The average molecular weight is 384 g/mol. The second kappa shape index (κ2) is 7.96. The smallest absolute Gasteiger partial charge is 0.331 e. The number of aliphatic imine (C=N–C) groups is 1. The van der Waals surface area contributed by atoms with E-state index in [1.807, 2.05) is 0 Å². The van der Waals surface area contributed by atoms with Crippen LogP contribution in [0.2, 0.25) is 0 Å². The average Bonchev–Trinajstić information content (AvgIpc) is 2.97. The predicted molar refractivity (Wildman–Crippen MR) is 99.8 cm³/mol. The topological polar surface area (TPSA) is 76.0 Å². The van der Waals surface area contributed by atoms with Crippen LogP contribution in [-0.4, -0.2) is 30.1 Å². The molecule has 8 heteroatoms. The van der Waals surface area contributed by atoms with Crippen LogP contribution < -0.4 is 4.90 Å². The van der Waals surface area contributed by atoms with Crippen LogP contribution in [0.5, 0.6) is 0 Å². The zero-order valence-corrected chi connectivity index (χ0v) is 14.9. The van der Waals surface area contributed by atoms with Crippen molar-refractivity contribution in [3.8, 4) is 0 Å². The van der Waals surface area contributed by atoms with Crippen LogP contribution in [0.4, 0.5) is 10.1 Å². The van der Waals surface area contributed by atoms with Crippen molar-refractivity contribution >= 4 is 40.4 Å². The van der Waals surface area contributed by atoms with E-state index in [4.69, 9.17) is 0 Å². The van der Waals surface area contributed by atoms with Gasteiger partial charge in [0, 0.05) is 6.08 Å². The lowest BCUT2D eigenvalue weighted by molar-refractivity contribution is -0.135. The number of esters is 1. The van der Waals surface area contributed by atoms with Crippen LogP contribution in [0.1, 0.15) is 10.4 Å². The normalized spacial score (nSPS) is 16.8. The van der Waals surface area contributed by atoms with Gasteiger partial charge in [-0.3, -0.25) is 14.5 Å². The minimum absolute atomic E-state index is 0.0228. The van der Waals surface area contributed by atoms with Gasteiger partial charge in [-0.25, -0.2) is 9.18 Å². The first kappa shape index (κ1) is 18.5. The van der Waals surface area contributed by atoms with Gasteiger partial charge in [-0.15, -0.1) is 0 Å². The van der Waals surface area contributed by atoms with Crippen molar-refractivity contribution in [3.63, 3.8) is 0 Å². The Labute approximate surface area is 158 Å². The number of rotatable bonds is 3. The molecule has 1 aliphatic rings. The van der Waals surface area contributed by atoms with Crippen molar-refractivity contribution < 1.29 is 23.5 Å². The molecule has 0 N–H and O–H groups in total. The van der Waals surface area contributed by atoms with Crippen molar-refractivity contribution in [2.75, 3.05) is 12.0 Å². The molecule has 0 saturated carbocycles. The second-order valence-corrected chi connectivity index (χ2v) is 6.30. The molecule has 27 heavy (non-hydrogen) atoms. The number of hydrogen-bond acceptors (Lipinski definition) is 5. The highest BCUT2D eigenvalue weighted by atomic mass is 32.2. The van der Waals surface area contributed by atoms with Crippen LogP contribution in [0.3, 0.4) is 0 Å². The van der Waals surface area contributed by atoms with Gasteiger partial charge in [0.25, 0.3) is 11.8 Å². The highest BCUT2D eigenvalue weighted by molar-refractivity contribution is 8.19. The van der Waals surface area contributed by atoms with E-state index in [2.05, 4.69) is 9.73 Å². The molecular formula is C19H13FN2O4S. The van der Waals surface area contributed by atoms with Gasteiger partial charge in [-0.1, -0.05) is 30.3 Å². The van der Waals surface area contributed by atoms with Gasteiger partial charge in [-0.2, -0.15) is 4.99 Å². The molecule has 0 atom stereocenters. The SMILES string of the molecule is COC(=O)C=C1SC(=NC(=O)c2ccccc2F)N(c2ccccc2)C1=O. The van der Waals surface area contributed by atoms with Gasteiger partial charge in [0.05, 0.1) is 23.3 Å². The number of thioether (sulfide) groups is 1. The van der Waals surface area contributed by atoms with Crippen LogP contribution in [0.25, 0.3) is 0 Å². The van der Waals surface area contributed by atoms with Gasteiger partial charge in [0.2, 0.25) is 0 Å². The summed E-state index contributed by atoms with van der Waals surface area (Å²) >= 11 is 0.838. The van der Waals surface area contributed by atoms with Gasteiger partial charge >= 0.3 is 5.97 Å². The molecule has 0 bridgehead atoms. The highest BCUT2D eigenvalue weighted by Gasteiger charge is 2.36. The second-order valence-electron chi connectivity index (χ2n) is 5.29. The van der Waals surface area contributed by atoms with Crippen molar-refractivity contribution in [1.82, 2.24) is 0 Å². The summed E-state index contributed by atoms with van der Waals surface area (Å²) in [4.78, 5) is 41.8. The Morgan fingerprint density at radius 2 is 1.78 bits per heavy atom. The van der Waals surface area contributed by atoms with Crippen molar-refractivity contribution in [3.05, 3.63) is 77.0 Å². The van der Waals surface area contributed by atoms with Crippen LogP contribution in [-0.2, 0) is 14.3 Å². The Balaban J connectivity index is 2.04. The molecule has 0 unspecified atom stereocenters. The first-order valence-corrected chi connectivity index (χ1v) is 8.57. The molecule has 1 aliphatic heterocycles. The zero-order chi connectivity index (χ0) is 19.4. The number of carbonyl (C=O) groups excluding carboxylic acids is 3. The summed E-state index contributed by atoms with van der Waals surface area (Å²) < 4.78 is 18.4. The monoisotopic (exact) mass is 384 g/mol.